The lowest BCUT2D eigenvalue weighted by molar-refractivity contribution is 0.509. The number of anilines is 2. The van der Waals surface area contributed by atoms with Crippen molar-refractivity contribution in [3.8, 4) is 0 Å². The summed E-state index contributed by atoms with van der Waals surface area (Å²) in [7, 11) is 0. The third-order valence-corrected chi connectivity index (χ3v) is 4.04. The van der Waals surface area contributed by atoms with Gasteiger partial charge in [0.15, 0.2) is 11.6 Å². The van der Waals surface area contributed by atoms with Gasteiger partial charge in [0, 0.05) is 24.8 Å². The number of aryl methyl sites for hydroxylation is 1. The molecule has 1 atom stereocenters. The molecule has 0 aliphatic carbocycles. The van der Waals surface area contributed by atoms with E-state index >= 15 is 0 Å². The fourth-order valence-corrected chi connectivity index (χ4v) is 2.92. The molecule has 1 saturated heterocycles. The maximum atomic E-state index is 14.4. The molecule has 0 radical (unpaired) electrons. The minimum Gasteiger partial charge on any atom is -0.381 e. The molecule has 4 nitrogen and oxygen atoms in total. The molecule has 2 aromatic rings. The van der Waals surface area contributed by atoms with Crippen LogP contribution in [-0.4, -0.2) is 29.1 Å². The summed E-state index contributed by atoms with van der Waals surface area (Å²) in [4.78, 5) is 10.2. The maximum absolute atomic E-state index is 14.4. The van der Waals surface area contributed by atoms with Crippen LogP contribution < -0.4 is 10.2 Å². The molecule has 1 unspecified atom stereocenters. The highest BCUT2D eigenvalue weighted by Crippen LogP contribution is 2.23. The van der Waals surface area contributed by atoms with Crippen LogP contribution in [0.5, 0.6) is 0 Å². The zero-order valence-corrected chi connectivity index (χ0v) is 12.8. The van der Waals surface area contributed by atoms with Gasteiger partial charge in [-0.25, -0.2) is 14.4 Å². The second-order valence-corrected chi connectivity index (χ2v) is 5.61. The summed E-state index contributed by atoms with van der Waals surface area (Å²) in [6, 6.07) is 10.4. The quantitative estimate of drug-likeness (QED) is 0.941. The van der Waals surface area contributed by atoms with Crippen molar-refractivity contribution in [1.82, 2.24) is 9.97 Å². The van der Waals surface area contributed by atoms with Crippen molar-refractivity contribution in [2.45, 2.75) is 32.2 Å². The molecule has 0 amide bonds. The van der Waals surface area contributed by atoms with Crippen LogP contribution in [0.1, 0.15) is 25.5 Å². The van der Waals surface area contributed by atoms with E-state index in [0.29, 0.717) is 24.0 Å². The molecule has 1 aliphatic heterocycles. The Morgan fingerprint density at radius 3 is 2.86 bits per heavy atom. The molecular formula is C17H21FN4. The lowest BCUT2D eigenvalue weighted by Gasteiger charge is -2.34. The van der Waals surface area contributed by atoms with Crippen molar-refractivity contribution < 1.29 is 4.39 Å². The zero-order valence-electron chi connectivity index (χ0n) is 12.8. The standard InChI is InChI=1S/C17H21FN4/c1-2-15-16(18)17(20-12-19-15)22-10-6-9-14(11-22)21-13-7-4-3-5-8-13/h3-5,7-8,12,14,21H,2,6,9-11H2,1H3. The summed E-state index contributed by atoms with van der Waals surface area (Å²) in [5.74, 6) is 0.164. The minimum absolute atomic E-state index is 0.273. The summed E-state index contributed by atoms with van der Waals surface area (Å²) in [5.41, 5.74) is 1.59. The van der Waals surface area contributed by atoms with Gasteiger partial charge in [0.2, 0.25) is 0 Å². The molecule has 3 rings (SSSR count). The minimum atomic E-state index is -0.273. The van der Waals surface area contributed by atoms with E-state index in [9.17, 15) is 4.39 Å². The number of halogens is 1. The summed E-state index contributed by atoms with van der Waals surface area (Å²) >= 11 is 0. The van der Waals surface area contributed by atoms with Crippen molar-refractivity contribution in [3.05, 3.63) is 48.2 Å². The number of hydrogen-bond donors (Lipinski definition) is 1. The Morgan fingerprint density at radius 2 is 2.09 bits per heavy atom. The number of benzene rings is 1. The Morgan fingerprint density at radius 1 is 1.27 bits per heavy atom. The topological polar surface area (TPSA) is 41.1 Å². The van der Waals surface area contributed by atoms with Gasteiger partial charge in [-0.05, 0) is 31.4 Å². The third kappa shape index (κ3) is 3.18. The molecular weight excluding hydrogens is 279 g/mol. The predicted molar refractivity (Wildman–Crippen MR) is 86.7 cm³/mol. The first-order valence-corrected chi connectivity index (χ1v) is 7.84. The number of nitrogens with zero attached hydrogens (tertiary/aromatic N) is 3. The van der Waals surface area contributed by atoms with Crippen LogP contribution in [0, 0.1) is 5.82 Å². The Bertz CT molecular complexity index is 617. The number of aromatic nitrogens is 2. The molecule has 1 N–H and O–H groups in total. The molecule has 0 spiro atoms. The van der Waals surface area contributed by atoms with Gasteiger partial charge in [0.05, 0.1) is 5.69 Å². The number of rotatable bonds is 4. The van der Waals surface area contributed by atoms with E-state index in [1.165, 1.54) is 6.33 Å². The van der Waals surface area contributed by atoms with E-state index in [1.54, 1.807) is 0 Å². The molecule has 2 heterocycles. The van der Waals surface area contributed by atoms with E-state index in [2.05, 4.69) is 27.4 Å². The van der Waals surface area contributed by atoms with Gasteiger partial charge in [0.25, 0.3) is 0 Å². The maximum Gasteiger partial charge on any atom is 0.187 e. The predicted octanol–water partition coefficient (Wildman–Crippen LogP) is 3.26. The smallest absolute Gasteiger partial charge is 0.187 e. The van der Waals surface area contributed by atoms with Crippen LogP contribution in [-0.2, 0) is 6.42 Å². The van der Waals surface area contributed by atoms with Gasteiger partial charge in [-0.2, -0.15) is 0 Å². The molecule has 5 heteroatoms. The van der Waals surface area contributed by atoms with Gasteiger partial charge in [-0.3, -0.25) is 0 Å². The van der Waals surface area contributed by atoms with Gasteiger partial charge in [-0.1, -0.05) is 25.1 Å². The zero-order chi connectivity index (χ0) is 15.4. The van der Waals surface area contributed by atoms with E-state index in [-0.39, 0.29) is 5.82 Å². The Labute approximate surface area is 130 Å². The number of nitrogens with one attached hydrogen (secondary N) is 1. The van der Waals surface area contributed by atoms with E-state index < -0.39 is 0 Å². The Hall–Kier alpha value is -2.17. The molecule has 22 heavy (non-hydrogen) atoms. The van der Waals surface area contributed by atoms with Crippen molar-refractivity contribution in [3.63, 3.8) is 0 Å². The van der Waals surface area contributed by atoms with Crippen LogP contribution in [0.2, 0.25) is 0 Å². The van der Waals surface area contributed by atoms with Crippen molar-refractivity contribution in [2.24, 2.45) is 0 Å². The second-order valence-electron chi connectivity index (χ2n) is 5.61. The van der Waals surface area contributed by atoms with Gasteiger partial charge in [0.1, 0.15) is 6.33 Å². The lowest BCUT2D eigenvalue weighted by Crippen LogP contribution is -2.43. The van der Waals surface area contributed by atoms with Crippen molar-refractivity contribution in [1.29, 1.82) is 0 Å². The average Bonchev–Trinajstić information content (AvgIpc) is 2.56. The van der Waals surface area contributed by atoms with Crippen LogP contribution in [0.15, 0.2) is 36.7 Å². The van der Waals surface area contributed by atoms with Crippen molar-refractivity contribution >= 4 is 11.5 Å². The monoisotopic (exact) mass is 300 g/mol. The molecule has 1 aliphatic rings. The largest absolute Gasteiger partial charge is 0.381 e. The molecule has 0 bridgehead atoms. The van der Waals surface area contributed by atoms with E-state index in [0.717, 1.165) is 31.6 Å². The van der Waals surface area contributed by atoms with Crippen LogP contribution in [0.25, 0.3) is 0 Å². The van der Waals surface area contributed by atoms with E-state index in [1.807, 2.05) is 30.0 Å². The molecule has 1 aromatic heterocycles. The van der Waals surface area contributed by atoms with E-state index in [4.69, 9.17) is 0 Å². The summed E-state index contributed by atoms with van der Waals surface area (Å²) in [5, 5.41) is 3.52. The number of piperidine rings is 1. The van der Waals surface area contributed by atoms with Gasteiger partial charge >= 0.3 is 0 Å². The summed E-state index contributed by atoms with van der Waals surface area (Å²) < 4.78 is 14.4. The van der Waals surface area contributed by atoms with Crippen LogP contribution >= 0.6 is 0 Å². The first-order chi connectivity index (χ1) is 10.8. The van der Waals surface area contributed by atoms with Gasteiger partial charge < -0.3 is 10.2 Å². The fraction of sp³-hybridized carbons (Fsp3) is 0.412. The highest BCUT2D eigenvalue weighted by molar-refractivity contribution is 5.46. The highest BCUT2D eigenvalue weighted by Gasteiger charge is 2.24. The summed E-state index contributed by atoms with van der Waals surface area (Å²) in [6.07, 6.45) is 4.15. The first kappa shape index (κ1) is 14.8. The van der Waals surface area contributed by atoms with Crippen molar-refractivity contribution in [2.75, 3.05) is 23.3 Å². The molecule has 116 valence electrons. The normalized spacial score (nSPS) is 18.3. The Kier molecular flexibility index (Phi) is 4.51. The molecule has 1 aromatic carbocycles. The first-order valence-electron chi connectivity index (χ1n) is 7.84. The molecule has 0 saturated carbocycles. The number of hydrogen-bond acceptors (Lipinski definition) is 4. The SMILES string of the molecule is CCc1ncnc(N2CCCC(Nc3ccccc3)C2)c1F. The number of para-hydroxylation sites is 1. The molecule has 1 fully saturated rings. The second kappa shape index (κ2) is 6.73. The highest BCUT2D eigenvalue weighted by atomic mass is 19.1. The lowest BCUT2D eigenvalue weighted by atomic mass is 10.0. The third-order valence-electron chi connectivity index (χ3n) is 4.04. The van der Waals surface area contributed by atoms with Crippen LogP contribution in [0.3, 0.4) is 0 Å². The van der Waals surface area contributed by atoms with Gasteiger partial charge in [-0.15, -0.1) is 0 Å². The summed E-state index contributed by atoms with van der Waals surface area (Å²) in [6.45, 7) is 3.50. The fourth-order valence-electron chi connectivity index (χ4n) is 2.92. The average molecular weight is 300 g/mol. The van der Waals surface area contributed by atoms with Crippen LogP contribution in [0.4, 0.5) is 15.9 Å². The Balaban J connectivity index is 1.73.